The van der Waals surface area contributed by atoms with E-state index in [1.165, 1.54) is 23.1 Å². The molecule has 0 fully saturated rings. The summed E-state index contributed by atoms with van der Waals surface area (Å²) in [6.07, 6.45) is -0.581. The van der Waals surface area contributed by atoms with Crippen molar-refractivity contribution in [2.24, 2.45) is 0 Å². The Bertz CT molecular complexity index is 405. The van der Waals surface area contributed by atoms with Crippen LogP contribution in [-0.2, 0) is 10.5 Å². The van der Waals surface area contributed by atoms with E-state index in [1.807, 2.05) is 12.1 Å². The molecule has 0 bridgehead atoms. The number of hydrogen-bond donors (Lipinski definition) is 2. The van der Waals surface area contributed by atoms with Gasteiger partial charge in [-0.25, -0.2) is 0 Å². The van der Waals surface area contributed by atoms with Crippen LogP contribution in [0.2, 0.25) is 4.34 Å². The minimum atomic E-state index is -0.593. The lowest BCUT2D eigenvalue weighted by Gasteiger charge is -2.29. The topological polar surface area (TPSA) is 49.3 Å². The number of rotatable bonds is 6. The Balaban J connectivity index is 2.29. The molecular weight excluding hydrogens is 290 g/mol. The van der Waals surface area contributed by atoms with E-state index in [2.05, 4.69) is 5.32 Å². The van der Waals surface area contributed by atoms with Gasteiger partial charge in [0.05, 0.1) is 21.7 Å². The van der Waals surface area contributed by atoms with Crippen molar-refractivity contribution in [1.29, 1.82) is 0 Å². The van der Waals surface area contributed by atoms with Crippen LogP contribution in [-0.4, -0.2) is 28.4 Å². The van der Waals surface area contributed by atoms with Crippen LogP contribution in [0.3, 0.4) is 0 Å². The van der Waals surface area contributed by atoms with E-state index in [0.717, 1.165) is 15.0 Å². The van der Waals surface area contributed by atoms with Crippen LogP contribution in [0.5, 0.6) is 0 Å². The van der Waals surface area contributed by atoms with E-state index in [-0.39, 0.29) is 5.91 Å². The number of carbonyl (C=O) groups excluding carboxylic acids is 1. The molecule has 2 N–H and O–H groups in total. The van der Waals surface area contributed by atoms with Crippen LogP contribution in [0.4, 0.5) is 0 Å². The highest BCUT2D eigenvalue weighted by Crippen LogP contribution is 2.25. The Kier molecular flexibility index (Phi) is 5.98. The monoisotopic (exact) mass is 307 g/mol. The van der Waals surface area contributed by atoms with Gasteiger partial charge in [0.25, 0.3) is 0 Å². The Morgan fingerprint density at radius 1 is 1.61 bits per heavy atom. The number of aliphatic hydroxyl groups excluding tert-OH is 1. The van der Waals surface area contributed by atoms with Crippen LogP contribution in [0.15, 0.2) is 12.1 Å². The summed E-state index contributed by atoms with van der Waals surface area (Å²) in [5.74, 6) is 1.10. The zero-order chi connectivity index (χ0) is 13.8. The SMILES string of the molecule is CC(O)C(C)(C)NC(=O)CSCc1ccc(Cl)s1. The summed E-state index contributed by atoms with van der Waals surface area (Å²) < 4.78 is 0.769. The molecule has 0 aliphatic rings. The first kappa shape index (κ1) is 15.8. The van der Waals surface area contributed by atoms with Gasteiger partial charge < -0.3 is 10.4 Å². The van der Waals surface area contributed by atoms with Crippen molar-refractivity contribution in [2.75, 3.05) is 5.75 Å². The number of carbonyl (C=O) groups is 1. The minimum absolute atomic E-state index is 0.0615. The zero-order valence-corrected chi connectivity index (χ0v) is 13.1. The molecule has 0 radical (unpaired) electrons. The fourth-order valence-corrected chi connectivity index (χ4v) is 3.20. The fourth-order valence-electron chi connectivity index (χ4n) is 1.17. The van der Waals surface area contributed by atoms with Gasteiger partial charge in [0.2, 0.25) is 5.91 Å². The molecule has 0 aromatic carbocycles. The van der Waals surface area contributed by atoms with Crippen LogP contribution >= 0.6 is 34.7 Å². The van der Waals surface area contributed by atoms with Gasteiger partial charge in [-0.15, -0.1) is 23.1 Å². The molecule has 1 amide bonds. The Hall–Kier alpha value is -0.230. The number of aliphatic hydroxyl groups is 1. The third-order valence-electron chi connectivity index (χ3n) is 2.61. The highest BCUT2D eigenvalue weighted by Gasteiger charge is 2.25. The second kappa shape index (κ2) is 6.80. The second-order valence-corrected chi connectivity index (χ2v) is 7.43. The largest absolute Gasteiger partial charge is 0.391 e. The quantitative estimate of drug-likeness (QED) is 0.849. The van der Waals surface area contributed by atoms with Crippen LogP contribution in [0.25, 0.3) is 0 Å². The number of nitrogens with one attached hydrogen (secondary N) is 1. The van der Waals surface area contributed by atoms with Gasteiger partial charge >= 0.3 is 0 Å². The molecule has 1 aromatic heterocycles. The zero-order valence-electron chi connectivity index (χ0n) is 10.7. The molecule has 1 rings (SSSR count). The third-order valence-corrected chi connectivity index (χ3v) is 5.01. The number of thiophene rings is 1. The number of amides is 1. The molecule has 1 unspecified atom stereocenters. The van der Waals surface area contributed by atoms with Crippen molar-refractivity contribution >= 4 is 40.6 Å². The average molecular weight is 308 g/mol. The van der Waals surface area contributed by atoms with Crippen molar-refractivity contribution in [3.05, 3.63) is 21.3 Å². The van der Waals surface area contributed by atoms with Crippen molar-refractivity contribution in [2.45, 2.75) is 38.2 Å². The third kappa shape index (κ3) is 5.18. The van der Waals surface area contributed by atoms with E-state index >= 15 is 0 Å². The lowest BCUT2D eigenvalue weighted by Crippen LogP contribution is -2.51. The predicted octanol–water partition coefficient (Wildman–Crippen LogP) is 2.91. The maximum absolute atomic E-state index is 11.7. The van der Waals surface area contributed by atoms with Crippen molar-refractivity contribution in [3.8, 4) is 0 Å². The summed E-state index contributed by atoms with van der Waals surface area (Å²) in [4.78, 5) is 12.9. The Labute approximate surface area is 121 Å². The second-order valence-electron chi connectivity index (χ2n) is 4.64. The van der Waals surface area contributed by atoms with Gasteiger partial charge in [0, 0.05) is 10.6 Å². The van der Waals surface area contributed by atoms with Crippen molar-refractivity contribution < 1.29 is 9.90 Å². The van der Waals surface area contributed by atoms with Crippen molar-refractivity contribution in [3.63, 3.8) is 0 Å². The highest BCUT2D eigenvalue weighted by molar-refractivity contribution is 7.99. The molecule has 1 heterocycles. The number of thioether (sulfide) groups is 1. The first-order valence-electron chi connectivity index (χ1n) is 5.62. The number of halogens is 1. The Morgan fingerprint density at radius 3 is 2.78 bits per heavy atom. The summed E-state index contributed by atoms with van der Waals surface area (Å²) in [5.41, 5.74) is -0.593. The molecule has 0 saturated heterocycles. The molecular formula is C12H18ClNO2S2. The first-order chi connectivity index (χ1) is 8.31. The molecule has 6 heteroatoms. The molecule has 18 heavy (non-hydrogen) atoms. The summed E-state index contributed by atoms with van der Waals surface area (Å²) in [6, 6.07) is 3.83. The lowest BCUT2D eigenvalue weighted by molar-refractivity contribution is -0.121. The van der Waals surface area contributed by atoms with Gasteiger partial charge in [0.1, 0.15) is 0 Å². The highest BCUT2D eigenvalue weighted by atomic mass is 35.5. The van der Waals surface area contributed by atoms with E-state index < -0.39 is 11.6 Å². The van der Waals surface area contributed by atoms with E-state index in [1.54, 1.807) is 20.8 Å². The van der Waals surface area contributed by atoms with Crippen LogP contribution in [0.1, 0.15) is 25.6 Å². The lowest BCUT2D eigenvalue weighted by atomic mass is 9.99. The van der Waals surface area contributed by atoms with Crippen LogP contribution in [0, 0.1) is 0 Å². The smallest absolute Gasteiger partial charge is 0.230 e. The standard InChI is InChI=1S/C12H18ClNO2S2/c1-8(15)12(2,3)14-11(16)7-17-6-9-4-5-10(13)18-9/h4-5,8,15H,6-7H2,1-3H3,(H,14,16). The normalized spacial score (nSPS) is 13.4. The molecule has 0 spiro atoms. The molecule has 1 aromatic rings. The summed E-state index contributed by atoms with van der Waals surface area (Å²) >= 11 is 8.89. The summed E-state index contributed by atoms with van der Waals surface area (Å²) in [5, 5.41) is 12.3. The summed E-state index contributed by atoms with van der Waals surface area (Å²) in [7, 11) is 0. The molecule has 3 nitrogen and oxygen atoms in total. The summed E-state index contributed by atoms with van der Waals surface area (Å²) in [6.45, 7) is 5.28. The van der Waals surface area contributed by atoms with Gasteiger partial charge in [-0.3, -0.25) is 4.79 Å². The van der Waals surface area contributed by atoms with Gasteiger partial charge in [0.15, 0.2) is 0 Å². The van der Waals surface area contributed by atoms with Crippen molar-refractivity contribution in [1.82, 2.24) is 5.32 Å². The van der Waals surface area contributed by atoms with E-state index in [0.29, 0.717) is 5.75 Å². The predicted molar refractivity (Wildman–Crippen MR) is 79.4 cm³/mol. The molecule has 0 saturated carbocycles. The molecule has 0 aliphatic heterocycles. The first-order valence-corrected chi connectivity index (χ1v) is 7.97. The maximum Gasteiger partial charge on any atom is 0.230 e. The fraction of sp³-hybridized carbons (Fsp3) is 0.583. The maximum atomic E-state index is 11.7. The van der Waals surface area contributed by atoms with Gasteiger partial charge in [-0.2, -0.15) is 0 Å². The molecule has 1 atom stereocenters. The van der Waals surface area contributed by atoms with E-state index in [4.69, 9.17) is 11.6 Å². The van der Waals surface area contributed by atoms with E-state index in [9.17, 15) is 9.90 Å². The Morgan fingerprint density at radius 2 is 2.28 bits per heavy atom. The molecule has 0 aliphatic carbocycles. The van der Waals surface area contributed by atoms with Gasteiger partial charge in [-0.1, -0.05) is 11.6 Å². The number of hydrogen-bond acceptors (Lipinski definition) is 4. The average Bonchev–Trinajstić information content (AvgIpc) is 2.63. The van der Waals surface area contributed by atoms with Gasteiger partial charge in [-0.05, 0) is 32.9 Å². The molecule has 102 valence electrons. The minimum Gasteiger partial charge on any atom is -0.391 e. The van der Waals surface area contributed by atoms with Crippen LogP contribution < -0.4 is 5.32 Å².